The smallest absolute Gasteiger partial charge is 0.122 e. The largest absolute Gasteiger partial charge is 0.493 e. The van der Waals surface area contributed by atoms with Gasteiger partial charge in [-0.1, -0.05) is 17.7 Å². The Kier molecular flexibility index (Phi) is 5.43. The predicted octanol–water partition coefficient (Wildman–Crippen LogP) is 3.69. The van der Waals surface area contributed by atoms with E-state index in [0.717, 1.165) is 23.6 Å². The standard InChI is InChI=1S/C15H20N2O.ClH/c1-10-5-6-15(11(2)9-10)18-8-7-14-12(3)16-17-13(14)4;/h5-6,9H,7-8H2,1-4H3,(H,16,17);1H. The Hall–Kier alpha value is -1.48. The van der Waals surface area contributed by atoms with E-state index in [9.17, 15) is 0 Å². The molecule has 0 saturated carbocycles. The third-order valence-corrected chi connectivity index (χ3v) is 3.22. The molecule has 1 N–H and O–H groups in total. The van der Waals surface area contributed by atoms with Gasteiger partial charge in [-0.2, -0.15) is 5.10 Å². The average Bonchev–Trinajstić information content (AvgIpc) is 2.63. The summed E-state index contributed by atoms with van der Waals surface area (Å²) in [4.78, 5) is 0. The molecule has 0 atom stereocenters. The van der Waals surface area contributed by atoms with Crippen LogP contribution in [0, 0.1) is 27.7 Å². The van der Waals surface area contributed by atoms with Crippen molar-refractivity contribution in [1.29, 1.82) is 0 Å². The van der Waals surface area contributed by atoms with Crippen LogP contribution in [-0.4, -0.2) is 16.8 Å². The van der Waals surface area contributed by atoms with E-state index in [-0.39, 0.29) is 12.4 Å². The second kappa shape index (κ2) is 6.62. The van der Waals surface area contributed by atoms with Crippen LogP contribution in [0.4, 0.5) is 0 Å². The van der Waals surface area contributed by atoms with Crippen LogP contribution in [-0.2, 0) is 6.42 Å². The quantitative estimate of drug-likeness (QED) is 0.928. The molecule has 0 aliphatic rings. The van der Waals surface area contributed by atoms with E-state index >= 15 is 0 Å². The number of benzene rings is 1. The number of hydrogen-bond acceptors (Lipinski definition) is 2. The number of halogens is 1. The molecule has 104 valence electrons. The highest BCUT2D eigenvalue weighted by Gasteiger charge is 2.06. The van der Waals surface area contributed by atoms with Gasteiger partial charge in [0.05, 0.1) is 12.3 Å². The number of hydrogen-bond donors (Lipinski definition) is 1. The molecule has 0 fully saturated rings. The Labute approximate surface area is 120 Å². The third-order valence-electron chi connectivity index (χ3n) is 3.22. The van der Waals surface area contributed by atoms with E-state index in [1.165, 1.54) is 16.7 Å². The molecular weight excluding hydrogens is 260 g/mol. The van der Waals surface area contributed by atoms with Crippen LogP contribution in [0.5, 0.6) is 5.75 Å². The summed E-state index contributed by atoms with van der Waals surface area (Å²) in [6.45, 7) is 8.93. The highest BCUT2D eigenvalue weighted by molar-refractivity contribution is 5.85. The molecule has 2 aromatic rings. The Morgan fingerprint density at radius 1 is 1.16 bits per heavy atom. The monoisotopic (exact) mass is 280 g/mol. The molecule has 0 amide bonds. The SMILES string of the molecule is Cc1ccc(OCCc2c(C)n[nH]c2C)c(C)c1.Cl. The van der Waals surface area contributed by atoms with Gasteiger partial charge < -0.3 is 4.74 Å². The highest BCUT2D eigenvalue weighted by atomic mass is 35.5. The molecule has 0 aliphatic carbocycles. The Bertz CT molecular complexity index is 530. The lowest BCUT2D eigenvalue weighted by Gasteiger charge is -2.09. The van der Waals surface area contributed by atoms with Crippen molar-refractivity contribution in [2.45, 2.75) is 34.1 Å². The van der Waals surface area contributed by atoms with Crippen molar-refractivity contribution in [3.05, 3.63) is 46.3 Å². The zero-order chi connectivity index (χ0) is 13.1. The first kappa shape index (κ1) is 15.6. The topological polar surface area (TPSA) is 37.9 Å². The Morgan fingerprint density at radius 2 is 1.89 bits per heavy atom. The van der Waals surface area contributed by atoms with Crippen molar-refractivity contribution in [3.63, 3.8) is 0 Å². The first-order chi connectivity index (χ1) is 8.58. The van der Waals surface area contributed by atoms with Crippen molar-refractivity contribution in [1.82, 2.24) is 10.2 Å². The molecule has 0 spiro atoms. The molecule has 0 aliphatic heterocycles. The maximum absolute atomic E-state index is 5.83. The van der Waals surface area contributed by atoms with E-state index in [4.69, 9.17) is 4.74 Å². The molecule has 0 bridgehead atoms. The Morgan fingerprint density at radius 3 is 2.47 bits per heavy atom. The zero-order valence-corrected chi connectivity index (χ0v) is 12.7. The van der Waals surface area contributed by atoms with Gasteiger partial charge in [0.25, 0.3) is 0 Å². The number of aryl methyl sites for hydroxylation is 4. The van der Waals surface area contributed by atoms with E-state index in [1.807, 2.05) is 19.9 Å². The van der Waals surface area contributed by atoms with Crippen LogP contribution in [0.15, 0.2) is 18.2 Å². The highest BCUT2D eigenvalue weighted by Crippen LogP contribution is 2.19. The third kappa shape index (κ3) is 3.74. The van der Waals surface area contributed by atoms with Crippen molar-refractivity contribution in [2.24, 2.45) is 0 Å². The fourth-order valence-electron chi connectivity index (χ4n) is 2.17. The molecule has 3 nitrogen and oxygen atoms in total. The molecular formula is C15H21ClN2O. The van der Waals surface area contributed by atoms with E-state index in [1.54, 1.807) is 0 Å². The number of ether oxygens (including phenoxy) is 1. The van der Waals surface area contributed by atoms with Gasteiger partial charge >= 0.3 is 0 Å². The lowest BCUT2D eigenvalue weighted by atomic mass is 10.1. The minimum absolute atomic E-state index is 0. The molecule has 19 heavy (non-hydrogen) atoms. The second-order valence-corrected chi connectivity index (χ2v) is 4.78. The van der Waals surface area contributed by atoms with E-state index < -0.39 is 0 Å². The van der Waals surface area contributed by atoms with Crippen LogP contribution in [0.3, 0.4) is 0 Å². The minimum Gasteiger partial charge on any atom is -0.493 e. The first-order valence-electron chi connectivity index (χ1n) is 6.28. The molecule has 4 heteroatoms. The van der Waals surface area contributed by atoms with Gasteiger partial charge in [-0.05, 0) is 44.9 Å². The fraction of sp³-hybridized carbons (Fsp3) is 0.400. The number of aromatic amines is 1. The molecule has 0 radical (unpaired) electrons. The van der Waals surface area contributed by atoms with Crippen LogP contribution in [0.2, 0.25) is 0 Å². The van der Waals surface area contributed by atoms with Gasteiger partial charge in [-0.3, -0.25) is 5.10 Å². The number of H-pyrrole nitrogens is 1. The van der Waals surface area contributed by atoms with Gasteiger partial charge in [-0.25, -0.2) is 0 Å². The zero-order valence-electron chi connectivity index (χ0n) is 11.9. The Balaban J connectivity index is 0.00000180. The van der Waals surface area contributed by atoms with Crippen LogP contribution in [0.25, 0.3) is 0 Å². The van der Waals surface area contributed by atoms with E-state index in [0.29, 0.717) is 6.61 Å². The maximum atomic E-state index is 5.83. The summed E-state index contributed by atoms with van der Waals surface area (Å²) >= 11 is 0. The lowest BCUT2D eigenvalue weighted by molar-refractivity contribution is 0.319. The van der Waals surface area contributed by atoms with Crippen molar-refractivity contribution >= 4 is 12.4 Å². The van der Waals surface area contributed by atoms with Crippen LogP contribution >= 0.6 is 12.4 Å². The number of nitrogens with one attached hydrogen (secondary N) is 1. The molecule has 2 rings (SSSR count). The van der Waals surface area contributed by atoms with Crippen molar-refractivity contribution < 1.29 is 4.74 Å². The van der Waals surface area contributed by atoms with Gasteiger partial charge in [-0.15, -0.1) is 12.4 Å². The molecule has 1 heterocycles. The summed E-state index contributed by atoms with van der Waals surface area (Å²) in [6, 6.07) is 6.26. The van der Waals surface area contributed by atoms with Crippen molar-refractivity contribution in [3.8, 4) is 5.75 Å². The van der Waals surface area contributed by atoms with Gasteiger partial charge in [0.2, 0.25) is 0 Å². The number of aromatic nitrogens is 2. The summed E-state index contributed by atoms with van der Waals surface area (Å²) in [5.41, 5.74) is 5.92. The van der Waals surface area contributed by atoms with Crippen LogP contribution < -0.4 is 4.74 Å². The number of nitrogens with zero attached hydrogens (tertiary/aromatic N) is 1. The van der Waals surface area contributed by atoms with Crippen molar-refractivity contribution in [2.75, 3.05) is 6.61 Å². The minimum atomic E-state index is 0. The maximum Gasteiger partial charge on any atom is 0.122 e. The molecule has 0 saturated heterocycles. The lowest BCUT2D eigenvalue weighted by Crippen LogP contribution is -2.04. The molecule has 1 aromatic carbocycles. The summed E-state index contributed by atoms with van der Waals surface area (Å²) in [5, 5.41) is 7.19. The van der Waals surface area contributed by atoms with Gasteiger partial charge in [0.15, 0.2) is 0 Å². The first-order valence-corrected chi connectivity index (χ1v) is 6.28. The summed E-state index contributed by atoms with van der Waals surface area (Å²) in [6.07, 6.45) is 0.890. The fourth-order valence-corrected chi connectivity index (χ4v) is 2.17. The van der Waals surface area contributed by atoms with E-state index in [2.05, 4.69) is 36.2 Å². The second-order valence-electron chi connectivity index (χ2n) is 4.78. The molecule has 0 unspecified atom stereocenters. The predicted molar refractivity (Wildman–Crippen MR) is 80.4 cm³/mol. The summed E-state index contributed by atoms with van der Waals surface area (Å²) in [5.74, 6) is 0.972. The summed E-state index contributed by atoms with van der Waals surface area (Å²) < 4.78 is 5.83. The van der Waals surface area contributed by atoms with Gasteiger partial charge in [0.1, 0.15) is 5.75 Å². The number of rotatable bonds is 4. The van der Waals surface area contributed by atoms with Gasteiger partial charge in [0, 0.05) is 12.1 Å². The van der Waals surface area contributed by atoms with Crippen LogP contribution in [0.1, 0.15) is 28.1 Å². The normalized spacial score (nSPS) is 10.1. The summed E-state index contributed by atoms with van der Waals surface area (Å²) in [7, 11) is 0. The molecule has 1 aromatic heterocycles. The average molecular weight is 281 g/mol.